The Labute approximate surface area is 92.5 Å². The maximum Gasteiger partial charge on any atom is 0.0518 e. The van der Waals surface area contributed by atoms with E-state index in [1.54, 1.807) is 12.7 Å². The van der Waals surface area contributed by atoms with E-state index in [0.29, 0.717) is 0 Å². The number of hydrogen-bond donors (Lipinski definition) is 0. The summed E-state index contributed by atoms with van der Waals surface area (Å²) >= 11 is 6.15. The molecular formula is C12H21ClO. The fourth-order valence-electron chi connectivity index (χ4n) is 1.92. The molecule has 1 aliphatic carbocycles. The largest absolute Gasteiger partial charge is 0.385 e. The third-order valence-electron chi connectivity index (χ3n) is 2.74. The van der Waals surface area contributed by atoms with Gasteiger partial charge in [-0.25, -0.2) is 0 Å². The maximum absolute atomic E-state index is 6.15. The zero-order chi connectivity index (χ0) is 10.2. The molecule has 0 amide bonds. The van der Waals surface area contributed by atoms with E-state index < -0.39 is 0 Å². The van der Waals surface area contributed by atoms with Crippen LogP contribution in [0.15, 0.2) is 11.6 Å². The number of halogens is 1. The Bertz CT molecular complexity index is 177. The van der Waals surface area contributed by atoms with Crippen molar-refractivity contribution in [3.05, 3.63) is 11.6 Å². The molecule has 2 heteroatoms. The SMILES string of the molecule is COCCCCC1=CC(Cl)CCCC1. The van der Waals surface area contributed by atoms with Crippen molar-refractivity contribution < 1.29 is 4.74 Å². The average Bonchev–Trinajstić information content (AvgIpc) is 2.38. The van der Waals surface area contributed by atoms with Crippen LogP contribution in [0.4, 0.5) is 0 Å². The number of unbranched alkanes of at least 4 members (excludes halogenated alkanes) is 1. The second kappa shape index (κ2) is 7.30. The van der Waals surface area contributed by atoms with Crippen LogP contribution in [0.2, 0.25) is 0 Å². The van der Waals surface area contributed by atoms with Crippen molar-refractivity contribution in [3.8, 4) is 0 Å². The third kappa shape index (κ3) is 5.02. The highest BCUT2D eigenvalue weighted by atomic mass is 35.5. The van der Waals surface area contributed by atoms with Gasteiger partial charge in [0.05, 0.1) is 5.38 Å². The highest BCUT2D eigenvalue weighted by molar-refractivity contribution is 6.21. The van der Waals surface area contributed by atoms with Gasteiger partial charge < -0.3 is 4.74 Å². The first-order valence-electron chi connectivity index (χ1n) is 5.65. The summed E-state index contributed by atoms with van der Waals surface area (Å²) in [7, 11) is 1.76. The number of allylic oxidation sites excluding steroid dienone is 2. The number of hydrogen-bond acceptors (Lipinski definition) is 1. The minimum Gasteiger partial charge on any atom is -0.385 e. The smallest absolute Gasteiger partial charge is 0.0518 e. The summed E-state index contributed by atoms with van der Waals surface area (Å²) in [5.41, 5.74) is 1.57. The lowest BCUT2D eigenvalue weighted by atomic mass is 10.0. The van der Waals surface area contributed by atoms with Gasteiger partial charge in [0, 0.05) is 13.7 Å². The molecule has 0 N–H and O–H groups in total. The highest BCUT2D eigenvalue weighted by Gasteiger charge is 2.08. The van der Waals surface area contributed by atoms with E-state index in [0.717, 1.165) is 13.0 Å². The Morgan fingerprint density at radius 3 is 3.07 bits per heavy atom. The molecule has 0 spiro atoms. The number of alkyl halides is 1. The first-order valence-corrected chi connectivity index (χ1v) is 6.09. The predicted molar refractivity (Wildman–Crippen MR) is 61.9 cm³/mol. The molecule has 0 fully saturated rings. The van der Waals surface area contributed by atoms with E-state index in [-0.39, 0.29) is 5.38 Å². The predicted octanol–water partition coefficient (Wildman–Crippen LogP) is 3.91. The highest BCUT2D eigenvalue weighted by Crippen LogP contribution is 2.24. The zero-order valence-corrected chi connectivity index (χ0v) is 9.85. The molecule has 0 saturated heterocycles. The summed E-state index contributed by atoms with van der Waals surface area (Å²) in [6.07, 6.45) is 10.9. The Balaban J connectivity index is 2.20. The van der Waals surface area contributed by atoms with Gasteiger partial charge in [0.15, 0.2) is 0 Å². The first kappa shape index (κ1) is 12.1. The average molecular weight is 217 g/mol. The van der Waals surface area contributed by atoms with Crippen LogP contribution < -0.4 is 0 Å². The molecule has 0 heterocycles. The minimum atomic E-state index is 0.287. The minimum absolute atomic E-state index is 0.287. The van der Waals surface area contributed by atoms with Crippen LogP contribution in [0.3, 0.4) is 0 Å². The van der Waals surface area contributed by atoms with E-state index in [1.165, 1.54) is 38.5 Å². The van der Waals surface area contributed by atoms with Crippen LogP contribution in [0.5, 0.6) is 0 Å². The third-order valence-corrected chi connectivity index (χ3v) is 3.08. The first-order chi connectivity index (χ1) is 6.83. The standard InChI is InChI=1S/C12H21ClO/c1-14-9-5-4-7-11-6-2-3-8-12(13)10-11/h10,12H,2-9H2,1H3. The Morgan fingerprint density at radius 2 is 2.29 bits per heavy atom. The number of ether oxygens (including phenoxy) is 1. The summed E-state index contributed by atoms with van der Waals surface area (Å²) in [4.78, 5) is 0. The van der Waals surface area contributed by atoms with E-state index in [2.05, 4.69) is 6.08 Å². The molecule has 1 atom stereocenters. The molecule has 0 aliphatic heterocycles. The molecule has 0 radical (unpaired) electrons. The summed E-state index contributed by atoms with van der Waals surface area (Å²) in [5.74, 6) is 0. The van der Waals surface area contributed by atoms with Crippen LogP contribution in [0.1, 0.15) is 44.9 Å². The normalized spacial score (nSPS) is 23.0. The lowest BCUT2D eigenvalue weighted by Gasteiger charge is -2.05. The van der Waals surface area contributed by atoms with Crippen molar-refractivity contribution in [1.29, 1.82) is 0 Å². The zero-order valence-electron chi connectivity index (χ0n) is 9.10. The topological polar surface area (TPSA) is 9.23 Å². The van der Waals surface area contributed by atoms with Gasteiger partial charge in [-0.05, 0) is 38.5 Å². The Hall–Kier alpha value is -0.0100. The lowest BCUT2D eigenvalue weighted by Crippen LogP contribution is -1.93. The van der Waals surface area contributed by atoms with Crippen molar-refractivity contribution in [3.63, 3.8) is 0 Å². The molecule has 1 nitrogen and oxygen atoms in total. The molecule has 1 aliphatic rings. The molecule has 1 unspecified atom stereocenters. The molecule has 0 aromatic heterocycles. The molecule has 0 aromatic rings. The van der Waals surface area contributed by atoms with E-state index in [4.69, 9.17) is 16.3 Å². The fraction of sp³-hybridized carbons (Fsp3) is 0.833. The second-order valence-corrected chi connectivity index (χ2v) is 4.60. The molecular weight excluding hydrogens is 196 g/mol. The van der Waals surface area contributed by atoms with Crippen molar-refractivity contribution in [2.24, 2.45) is 0 Å². The maximum atomic E-state index is 6.15. The van der Waals surface area contributed by atoms with Gasteiger partial charge >= 0.3 is 0 Å². The number of methoxy groups -OCH3 is 1. The second-order valence-electron chi connectivity index (χ2n) is 4.04. The van der Waals surface area contributed by atoms with Crippen molar-refractivity contribution in [2.75, 3.05) is 13.7 Å². The number of rotatable bonds is 5. The van der Waals surface area contributed by atoms with Crippen molar-refractivity contribution in [1.82, 2.24) is 0 Å². The monoisotopic (exact) mass is 216 g/mol. The van der Waals surface area contributed by atoms with Crippen molar-refractivity contribution in [2.45, 2.75) is 50.3 Å². The van der Waals surface area contributed by atoms with Gasteiger partial charge in [0.1, 0.15) is 0 Å². The molecule has 1 rings (SSSR count). The summed E-state index contributed by atoms with van der Waals surface area (Å²) in [6.45, 7) is 0.886. The molecule has 0 saturated carbocycles. The van der Waals surface area contributed by atoms with Gasteiger partial charge in [-0.15, -0.1) is 11.6 Å². The molecule has 0 bridgehead atoms. The molecule has 0 aromatic carbocycles. The summed E-state index contributed by atoms with van der Waals surface area (Å²) < 4.78 is 5.03. The lowest BCUT2D eigenvalue weighted by molar-refractivity contribution is 0.193. The van der Waals surface area contributed by atoms with Crippen LogP contribution >= 0.6 is 11.6 Å². The van der Waals surface area contributed by atoms with Crippen LogP contribution in [0.25, 0.3) is 0 Å². The van der Waals surface area contributed by atoms with Gasteiger partial charge in [-0.2, -0.15) is 0 Å². The van der Waals surface area contributed by atoms with Crippen LogP contribution in [0, 0.1) is 0 Å². The van der Waals surface area contributed by atoms with E-state index >= 15 is 0 Å². The Morgan fingerprint density at radius 1 is 1.43 bits per heavy atom. The van der Waals surface area contributed by atoms with Crippen molar-refractivity contribution >= 4 is 11.6 Å². The van der Waals surface area contributed by atoms with Crippen LogP contribution in [-0.4, -0.2) is 19.1 Å². The van der Waals surface area contributed by atoms with Gasteiger partial charge in [0.2, 0.25) is 0 Å². The molecule has 14 heavy (non-hydrogen) atoms. The van der Waals surface area contributed by atoms with E-state index in [1.807, 2.05) is 0 Å². The summed E-state index contributed by atoms with van der Waals surface area (Å²) in [5, 5.41) is 0.287. The quantitative estimate of drug-likeness (QED) is 0.385. The van der Waals surface area contributed by atoms with Crippen LogP contribution in [-0.2, 0) is 4.74 Å². The molecule has 82 valence electrons. The van der Waals surface area contributed by atoms with E-state index in [9.17, 15) is 0 Å². The Kier molecular flexibility index (Phi) is 6.29. The van der Waals surface area contributed by atoms with Gasteiger partial charge in [-0.1, -0.05) is 18.1 Å². The van der Waals surface area contributed by atoms with Gasteiger partial charge in [0.25, 0.3) is 0 Å². The summed E-state index contributed by atoms with van der Waals surface area (Å²) in [6, 6.07) is 0. The van der Waals surface area contributed by atoms with Gasteiger partial charge in [-0.3, -0.25) is 0 Å². The fourth-order valence-corrected chi connectivity index (χ4v) is 2.25.